The molecule has 0 aliphatic carbocycles. The van der Waals surface area contributed by atoms with E-state index in [1.54, 1.807) is 12.3 Å². The Kier molecular flexibility index (Phi) is 3.31. The number of aromatic nitrogens is 1. The van der Waals surface area contributed by atoms with Gasteiger partial charge in [0.1, 0.15) is 18.2 Å². The Morgan fingerprint density at radius 3 is 3.08 bits per heavy atom. The van der Waals surface area contributed by atoms with Gasteiger partial charge in [0.2, 0.25) is 0 Å². The van der Waals surface area contributed by atoms with Gasteiger partial charge in [-0.1, -0.05) is 0 Å². The van der Waals surface area contributed by atoms with Crippen molar-refractivity contribution in [1.82, 2.24) is 4.98 Å². The first-order chi connectivity index (χ1) is 5.74. The zero-order chi connectivity index (χ0) is 8.97. The van der Waals surface area contributed by atoms with E-state index in [1.165, 1.54) is 0 Å². The molecule has 1 rings (SSSR count). The van der Waals surface area contributed by atoms with E-state index in [0.29, 0.717) is 11.6 Å². The summed E-state index contributed by atoms with van der Waals surface area (Å²) < 4.78 is 5.88. The van der Waals surface area contributed by atoms with Gasteiger partial charge in [-0.15, -0.1) is 0 Å². The number of aliphatic hydroxyl groups is 1. The second-order valence-electron chi connectivity index (χ2n) is 2.11. The number of aliphatic hydroxyl groups excluding tert-OH is 1. The Balaban J connectivity index is 2.75. The summed E-state index contributed by atoms with van der Waals surface area (Å²) in [5.74, 6) is 0.989. The van der Waals surface area contributed by atoms with Crippen molar-refractivity contribution in [3.63, 3.8) is 0 Å². The van der Waals surface area contributed by atoms with Crippen LogP contribution in [0.2, 0.25) is 0 Å². The summed E-state index contributed by atoms with van der Waals surface area (Å²) in [5.41, 5.74) is 5.42. The molecular weight excluding hydrogens is 224 g/mol. The predicted octanol–water partition coefficient (Wildman–Crippen LogP) is 0.797. The Bertz CT molecular complexity index is 268. The smallest absolute Gasteiger partial charge is 0.138 e. The Hall–Kier alpha value is -0.810. The van der Waals surface area contributed by atoms with Crippen LogP contribution in [-0.4, -0.2) is 23.3 Å². The van der Waals surface area contributed by atoms with Crippen molar-refractivity contribution in [3.8, 4) is 5.75 Å². The van der Waals surface area contributed by atoms with Crippen LogP contribution in [-0.2, 0) is 0 Å². The highest BCUT2D eigenvalue weighted by molar-refractivity contribution is 9.10. The lowest BCUT2D eigenvalue weighted by atomic mass is 10.4. The molecular formula is C7H9BrN2O2. The van der Waals surface area contributed by atoms with E-state index < -0.39 is 0 Å². The first kappa shape index (κ1) is 9.28. The van der Waals surface area contributed by atoms with E-state index in [2.05, 4.69) is 20.9 Å². The molecule has 0 fully saturated rings. The van der Waals surface area contributed by atoms with Gasteiger partial charge in [0.25, 0.3) is 0 Å². The number of halogens is 1. The summed E-state index contributed by atoms with van der Waals surface area (Å²) in [6, 6.07) is 1.60. The van der Waals surface area contributed by atoms with Crippen molar-refractivity contribution < 1.29 is 9.84 Å². The molecule has 5 heteroatoms. The number of nitrogens with zero attached hydrogens (tertiary/aromatic N) is 1. The van der Waals surface area contributed by atoms with Crippen LogP contribution in [0, 0.1) is 0 Å². The third-order valence-electron chi connectivity index (χ3n) is 1.19. The number of hydrogen-bond donors (Lipinski definition) is 2. The van der Waals surface area contributed by atoms with Gasteiger partial charge in [0.15, 0.2) is 0 Å². The Labute approximate surface area is 78.5 Å². The maximum atomic E-state index is 8.50. The lowest BCUT2D eigenvalue weighted by Crippen LogP contribution is -2.03. The van der Waals surface area contributed by atoms with E-state index in [0.717, 1.165) is 4.47 Å². The molecule has 0 atom stereocenters. The van der Waals surface area contributed by atoms with Gasteiger partial charge in [-0.05, 0) is 15.9 Å². The minimum absolute atomic E-state index is 0.0192. The fraction of sp³-hybridized carbons (Fsp3) is 0.286. The van der Waals surface area contributed by atoms with Gasteiger partial charge in [-0.25, -0.2) is 4.98 Å². The molecule has 12 heavy (non-hydrogen) atoms. The van der Waals surface area contributed by atoms with E-state index in [1.807, 2.05) is 0 Å². The Morgan fingerprint density at radius 1 is 1.67 bits per heavy atom. The van der Waals surface area contributed by atoms with Crippen molar-refractivity contribution in [2.75, 3.05) is 18.9 Å². The maximum Gasteiger partial charge on any atom is 0.138 e. The topological polar surface area (TPSA) is 68.4 Å². The van der Waals surface area contributed by atoms with Gasteiger partial charge in [-0.3, -0.25) is 0 Å². The lowest BCUT2D eigenvalue weighted by Gasteiger charge is -2.05. The molecule has 0 saturated heterocycles. The minimum Gasteiger partial charge on any atom is -0.490 e. The quantitative estimate of drug-likeness (QED) is 0.810. The van der Waals surface area contributed by atoms with Crippen LogP contribution in [0.5, 0.6) is 5.75 Å². The average molecular weight is 233 g/mol. The number of ether oxygens (including phenoxy) is 1. The summed E-state index contributed by atoms with van der Waals surface area (Å²) in [4.78, 5) is 3.84. The first-order valence-electron chi connectivity index (χ1n) is 3.38. The van der Waals surface area contributed by atoms with Crippen molar-refractivity contribution in [1.29, 1.82) is 0 Å². The van der Waals surface area contributed by atoms with Crippen LogP contribution < -0.4 is 10.5 Å². The SMILES string of the molecule is Nc1cc(OCCO)c(Br)cn1. The number of nitrogen functional groups attached to an aromatic ring is 1. The highest BCUT2D eigenvalue weighted by Gasteiger charge is 2.01. The highest BCUT2D eigenvalue weighted by Crippen LogP contribution is 2.24. The molecule has 0 aliphatic rings. The fourth-order valence-corrected chi connectivity index (χ4v) is 1.03. The first-order valence-corrected chi connectivity index (χ1v) is 4.18. The molecule has 1 heterocycles. The molecule has 0 saturated carbocycles. The third kappa shape index (κ3) is 2.35. The van der Waals surface area contributed by atoms with E-state index >= 15 is 0 Å². The van der Waals surface area contributed by atoms with Crippen LogP contribution in [0.25, 0.3) is 0 Å². The summed E-state index contributed by atoms with van der Waals surface area (Å²) in [6.07, 6.45) is 1.56. The van der Waals surface area contributed by atoms with Gasteiger partial charge in [0.05, 0.1) is 11.1 Å². The van der Waals surface area contributed by atoms with Crippen molar-refractivity contribution in [3.05, 3.63) is 16.7 Å². The summed E-state index contributed by atoms with van der Waals surface area (Å²) in [7, 11) is 0. The largest absolute Gasteiger partial charge is 0.490 e. The molecule has 0 bridgehead atoms. The predicted molar refractivity (Wildman–Crippen MR) is 48.9 cm³/mol. The van der Waals surface area contributed by atoms with Crippen LogP contribution >= 0.6 is 15.9 Å². The van der Waals surface area contributed by atoms with Crippen LogP contribution in [0.3, 0.4) is 0 Å². The second-order valence-corrected chi connectivity index (χ2v) is 2.97. The van der Waals surface area contributed by atoms with Gasteiger partial charge in [-0.2, -0.15) is 0 Å². The third-order valence-corrected chi connectivity index (χ3v) is 1.79. The number of anilines is 1. The molecule has 1 aromatic heterocycles. The molecule has 66 valence electrons. The average Bonchev–Trinajstić information content (AvgIpc) is 2.07. The second kappa shape index (κ2) is 4.27. The summed E-state index contributed by atoms with van der Waals surface area (Å²) >= 11 is 3.24. The van der Waals surface area contributed by atoms with Crippen LogP contribution in [0.4, 0.5) is 5.82 Å². The van der Waals surface area contributed by atoms with Crippen molar-refractivity contribution in [2.45, 2.75) is 0 Å². The Morgan fingerprint density at radius 2 is 2.42 bits per heavy atom. The molecule has 4 nitrogen and oxygen atoms in total. The molecule has 0 amide bonds. The molecule has 1 aromatic rings. The van der Waals surface area contributed by atoms with E-state index in [-0.39, 0.29) is 13.2 Å². The lowest BCUT2D eigenvalue weighted by molar-refractivity contribution is 0.200. The molecule has 0 aliphatic heterocycles. The van der Waals surface area contributed by atoms with Gasteiger partial charge >= 0.3 is 0 Å². The van der Waals surface area contributed by atoms with Gasteiger partial charge in [0, 0.05) is 12.3 Å². The number of rotatable bonds is 3. The standard InChI is InChI=1S/C7H9BrN2O2/c8-5-4-10-7(9)3-6(5)12-2-1-11/h3-4,11H,1-2H2,(H2,9,10). The molecule has 0 radical (unpaired) electrons. The van der Waals surface area contributed by atoms with Crippen molar-refractivity contribution in [2.24, 2.45) is 0 Å². The maximum absolute atomic E-state index is 8.50. The zero-order valence-electron chi connectivity index (χ0n) is 6.33. The van der Waals surface area contributed by atoms with Gasteiger partial charge < -0.3 is 15.6 Å². The molecule has 0 aromatic carbocycles. The van der Waals surface area contributed by atoms with Crippen LogP contribution in [0.15, 0.2) is 16.7 Å². The van der Waals surface area contributed by atoms with E-state index in [9.17, 15) is 0 Å². The van der Waals surface area contributed by atoms with E-state index in [4.69, 9.17) is 15.6 Å². The molecule has 0 unspecified atom stereocenters. The minimum atomic E-state index is -0.0192. The summed E-state index contributed by atoms with van der Waals surface area (Å²) in [5, 5.41) is 8.50. The summed E-state index contributed by atoms with van der Waals surface area (Å²) in [6.45, 7) is 0.233. The fourth-order valence-electron chi connectivity index (χ4n) is 0.702. The number of nitrogens with two attached hydrogens (primary N) is 1. The number of hydrogen-bond acceptors (Lipinski definition) is 4. The monoisotopic (exact) mass is 232 g/mol. The molecule has 3 N–H and O–H groups in total. The highest BCUT2D eigenvalue weighted by atomic mass is 79.9. The normalized spacial score (nSPS) is 9.83. The van der Waals surface area contributed by atoms with Crippen molar-refractivity contribution >= 4 is 21.7 Å². The van der Waals surface area contributed by atoms with Crippen LogP contribution in [0.1, 0.15) is 0 Å². The number of pyridine rings is 1. The zero-order valence-corrected chi connectivity index (χ0v) is 7.91. The molecule has 0 spiro atoms.